The lowest BCUT2D eigenvalue weighted by Crippen LogP contribution is -2.30. The fraction of sp³-hybridized carbons (Fsp3) is 0.171. The molecule has 258 valence electrons. The number of methoxy groups -OCH3 is 1. The number of thiophene rings is 1. The highest BCUT2D eigenvalue weighted by Crippen LogP contribution is 2.40. The van der Waals surface area contributed by atoms with Crippen molar-refractivity contribution < 1.29 is 23.9 Å². The van der Waals surface area contributed by atoms with Crippen LogP contribution in [0.15, 0.2) is 120 Å². The summed E-state index contributed by atoms with van der Waals surface area (Å²) in [5.41, 5.74) is 5.27. The molecule has 1 aromatic heterocycles. The van der Waals surface area contributed by atoms with Gasteiger partial charge in [0.25, 0.3) is 11.8 Å². The van der Waals surface area contributed by atoms with Crippen LogP contribution in [0.5, 0.6) is 0 Å². The quantitative estimate of drug-likeness (QED) is 0.0719. The van der Waals surface area contributed by atoms with Crippen LogP contribution in [0.1, 0.15) is 50.1 Å². The van der Waals surface area contributed by atoms with Gasteiger partial charge in [-0.3, -0.25) is 14.4 Å². The zero-order valence-corrected chi connectivity index (χ0v) is 29.9. The topological polar surface area (TPSA) is 114 Å². The van der Waals surface area contributed by atoms with Gasteiger partial charge in [-0.2, -0.15) is 0 Å². The van der Waals surface area contributed by atoms with Crippen LogP contribution in [0.4, 0.5) is 10.7 Å². The second-order valence-corrected chi connectivity index (χ2v) is 14.4. The average molecular weight is 716 g/mol. The number of carbonyl (C=O) groups is 4. The molecule has 10 heteroatoms. The molecule has 0 saturated carbocycles. The number of carbonyl (C=O) groups excluding carboxylic acids is 4. The Labute approximate surface area is 305 Å². The van der Waals surface area contributed by atoms with Crippen LogP contribution in [0, 0.1) is 5.92 Å². The van der Waals surface area contributed by atoms with Crippen molar-refractivity contribution in [2.45, 2.75) is 31.1 Å². The maximum atomic E-state index is 13.7. The Bertz CT molecular complexity index is 2080. The first-order valence-electron chi connectivity index (χ1n) is 16.6. The van der Waals surface area contributed by atoms with E-state index >= 15 is 0 Å². The minimum Gasteiger partial charge on any atom is -0.465 e. The Morgan fingerprint density at radius 3 is 2.29 bits per heavy atom. The first-order chi connectivity index (χ1) is 24.8. The monoisotopic (exact) mass is 715 g/mol. The van der Waals surface area contributed by atoms with E-state index in [1.807, 2.05) is 66.7 Å². The fourth-order valence-electron chi connectivity index (χ4n) is 5.84. The van der Waals surface area contributed by atoms with E-state index in [-0.39, 0.29) is 17.4 Å². The second kappa shape index (κ2) is 16.5. The lowest BCUT2D eigenvalue weighted by atomic mass is 9.88. The van der Waals surface area contributed by atoms with Gasteiger partial charge in [-0.15, -0.1) is 23.1 Å². The molecule has 3 N–H and O–H groups in total. The largest absolute Gasteiger partial charge is 0.465 e. The molecule has 5 aromatic rings. The van der Waals surface area contributed by atoms with Gasteiger partial charge in [-0.1, -0.05) is 85.8 Å². The highest BCUT2D eigenvalue weighted by molar-refractivity contribution is 8.00. The molecule has 1 aliphatic carbocycles. The summed E-state index contributed by atoms with van der Waals surface area (Å²) >= 11 is 2.75. The predicted octanol–water partition coefficient (Wildman–Crippen LogP) is 8.47. The molecule has 1 aliphatic rings. The Morgan fingerprint density at radius 2 is 1.57 bits per heavy atom. The maximum Gasteiger partial charge on any atom is 0.341 e. The minimum atomic E-state index is -0.502. The highest BCUT2D eigenvalue weighted by Gasteiger charge is 2.29. The summed E-state index contributed by atoms with van der Waals surface area (Å²) in [5.74, 6) is -0.993. The van der Waals surface area contributed by atoms with Crippen LogP contribution in [-0.2, 0) is 27.2 Å². The molecule has 1 atom stereocenters. The summed E-state index contributed by atoms with van der Waals surface area (Å²) in [4.78, 5) is 54.4. The van der Waals surface area contributed by atoms with Crippen molar-refractivity contribution in [1.29, 1.82) is 0 Å². The van der Waals surface area contributed by atoms with Crippen molar-refractivity contribution in [2.75, 3.05) is 23.5 Å². The predicted molar refractivity (Wildman–Crippen MR) is 205 cm³/mol. The van der Waals surface area contributed by atoms with Crippen molar-refractivity contribution in [3.63, 3.8) is 0 Å². The van der Waals surface area contributed by atoms with Gasteiger partial charge in [0, 0.05) is 21.0 Å². The van der Waals surface area contributed by atoms with Crippen LogP contribution in [0.25, 0.3) is 17.2 Å². The summed E-state index contributed by atoms with van der Waals surface area (Å²) in [6.07, 6.45) is 4.29. The zero-order chi connectivity index (χ0) is 35.7. The molecule has 3 amide bonds. The summed E-state index contributed by atoms with van der Waals surface area (Å²) < 4.78 is 5.05. The van der Waals surface area contributed by atoms with E-state index in [0.717, 1.165) is 51.3 Å². The summed E-state index contributed by atoms with van der Waals surface area (Å²) in [6.45, 7) is 2.19. The third kappa shape index (κ3) is 9.02. The van der Waals surface area contributed by atoms with Crippen LogP contribution >= 0.6 is 23.1 Å². The number of ether oxygens (including phenoxy) is 1. The normalized spacial score (nSPS) is 13.8. The minimum absolute atomic E-state index is 0.0724. The lowest BCUT2D eigenvalue weighted by molar-refractivity contribution is -0.114. The smallest absolute Gasteiger partial charge is 0.341 e. The van der Waals surface area contributed by atoms with Crippen LogP contribution in [-0.4, -0.2) is 36.6 Å². The van der Waals surface area contributed by atoms with Gasteiger partial charge in [0.2, 0.25) is 5.91 Å². The maximum absolute atomic E-state index is 13.7. The van der Waals surface area contributed by atoms with Crippen LogP contribution < -0.4 is 16.0 Å². The van der Waals surface area contributed by atoms with Gasteiger partial charge < -0.3 is 20.7 Å². The first kappa shape index (κ1) is 35.4. The highest BCUT2D eigenvalue weighted by atomic mass is 32.2. The molecule has 0 fully saturated rings. The van der Waals surface area contributed by atoms with E-state index in [0.29, 0.717) is 27.7 Å². The molecule has 0 saturated heterocycles. The molecular weight excluding hydrogens is 679 g/mol. The van der Waals surface area contributed by atoms with Crippen LogP contribution in [0.3, 0.4) is 0 Å². The number of rotatable bonds is 11. The Morgan fingerprint density at radius 1 is 0.863 bits per heavy atom. The summed E-state index contributed by atoms with van der Waals surface area (Å²) in [5, 5.41) is 9.14. The molecule has 8 nitrogen and oxygen atoms in total. The molecule has 0 aliphatic heterocycles. The number of amides is 3. The Kier molecular flexibility index (Phi) is 11.4. The van der Waals surface area contributed by atoms with Gasteiger partial charge in [0.05, 0.1) is 18.4 Å². The number of thioether (sulfide) groups is 1. The van der Waals surface area contributed by atoms with E-state index in [2.05, 4.69) is 22.9 Å². The SMILES string of the molecule is COC(=O)c1c(NC(=O)CSc2cccc(NC(=O)/C(=C\c3ccc(-c4ccccc4)cc3)NC(=O)c3ccccc3)c2)sc2c1CCC(C)C2. The molecule has 1 heterocycles. The van der Waals surface area contributed by atoms with E-state index in [4.69, 9.17) is 4.74 Å². The van der Waals surface area contributed by atoms with Crippen molar-refractivity contribution in [2.24, 2.45) is 5.92 Å². The molecule has 1 unspecified atom stereocenters. The Balaban J connectivity index is 1.15. The molecule has 0 bridgehead atoms. The number of hydrogen-bond acceptors (Lipinski definition) is 7. The van der Waals surface area contributed by atoms with E-state index in [1.54, 1.807) is 48.5 Å². The van der Waals surface area contributed by atoms with Gasteiger partial charge >= 0.3 is 5.97 Å². The number of fused-ring (bicyclic) bond motifs is 1. The van der Waals surface area contributed by atoms with E-state index in [9.17, 15) is 19.2 Å². The van der Waals surface area contributed by atoms with Gasteiger partial charge in [-0.05, 0) is 83.8 Å². The summed E-state index contributed by atoms with van der Waals surface area (Å²) in [7, 11) is 1.35. The number of esters is 1. The van der Waals surface area contributed by atoms with Gasteiger partial charge in [0.1, 0.15) is 10.7 Å². The van der Waals surface area contributed by atoms with Crippen molar-refractivity contribution in [1.82, 2.24) is 5.32 Å². The first-order valence-corrected chi connectivity index (χ1v) is 18.4. The summed E-state index contributed by atoms with van der Waals surface area (Å²) in [6, 6.07) is 33.5. The van der Waals surface area contributed by atoms with E-state index < -0.39 is 17.8 Å². The molecule has 51 heavy (non-hydrogen) atoms. The molecule has 4 aromatic carbocycles. The number of nitrogens with one attached hydrogen (secondary N) is 3. The van der Waals surface area contributed by atoms with Crippen LogP contribution in [0.2, 0.25) is 0 Å². The van der Waals surface area contributed by atoms with Crippen molar-refractivity contribution >= 4 is 63.6 Å². The number of benzene rings is 4. The number of hydrogen-bond donors (Lipinski definition) is 3. The third-order valence-corrected chi connectivity index (χ3v) is 10.6. The van der Waals surface area contributed by atoms with Crippen molar-refractivity contribution in [3.05, 3.63) is 142 Å². The van der Waals surface area contributed by atoms with E-state index in [1.165, 1.54) is 30.2 Å². The van der Waals surface area contributed by atoms with Gasteiger partial charge in [0.15, 0.2) is 0 Å². The molecule has 6 rings (SSSR count). The molecule has 0 radical (unpaired) electrons. The standard InChI is InChI=1S/C41H37N3O5S2/c1-26-16-21-33-35(22-26)51-40(37(33)41(48)49-2)44-36(45)25-50-32-15-9-14-31(24-32)42-39(47)34(43-38(46)30-12-7-4-8-13-30)23-27-17-19-29(20-18-27)28-10-5-3-6-11-28/h3-15,17-20,23-24,26H,16,21-22,25H2,1-2H3,(H,42,47)(H,43,46)(H,44,45)/b34-23+. The lowest BCUT2D eigenvalue weighted by Gasteiger charge is -2.18. The number of anilines is 2. The third-order valence-electron chi connectivity index (χ3n) is 8.47. The second-order valence-electron chi connectivity index (χ2n) is 12.2. The fourth-order valence-corrected chi connectivity index (χ4v) is 8.01. The van der Waals surface area contributed by atoms with Crippen molar-refractivity contribution in [3.8, 4) is 11.1 Å². The van der Waals surface area contributed by atoms with Gasteiger partial charge in [-0.25, -0.2) is 4.79 Å². The molecule has 0 spiro atoms. The zero-order valence-electron chi connectivity index (χ0n) is 28.2. The average Bonchev–Trinajstić information content (AvgIpc) is 3.51. The molecular formula is C41H37N3O5S2. The Hall–Kier alpha value is -5.45.